The molecule has 0 N–H and O–H groups in total. The minimum absolute atomic E-state index is 0.0547. The molecular weight excluding hydrogens is 278 g/mol. The average molecular weight is 291 g/mol. The predicted octanol–water partition coefficient (Wildman–Crippen LogP) is 3.46. The van der Waals surface area contributed by atoms with Crippen LogP contribution in [0.4, 0.5) is 0 Å². The number of hydrogen-bond donors (Lipinski definition) is 0. The van der Waals surface area contributed by atoms with E-state index in [2.05, 4.69) is 4.98 Å². The number of rotatable bonds is 2. The van der Waals surface area contributed by atoms with Gasteiger partial charge in [-0.05, 0) is 23.3 Å². The van der Waals surface area contributed by atoms with Gasteiger partial charge in [0.05, 0.1) is 14.2 Å². The maximum Gasteiger partial charge on any atom is 0.212 e. The van der Waals surface area contributed by atoms with Gasteiger partial charge in [0.25, 0.3) is 0 Å². The van der Waals surface area contributed by atoms with Crippen LogP contribution >= 0.6 is 0 Å². The molecule has 108 valence electrons. The lowest BCUT2D eigenvalue weighted by atomic mass is 9.85. The van der Waals surface area contributed by atoms with E-state index in [-0.39, 0.29) is 5.78 Å². The first-order valence-corrected chi connectivity index (χ1v) is 6.94. The number of ketones is 1. The lowest BCUT2D eigenvalue weighted by Gasteiger charge is -2.21. The lowest BCUT2D eigenvalue weighted by Crippen LogP contribution is -2.12. The molecule has 0 unspecified atom stereocenters. The van der Waals surface area contributed by atoms with Crippen molar-refractivity contribution in [3.8, 4) is 22.6 Å². The summed E-state index contributed by atoms with van der Waals surface area (Å²) in [4.78, 5) is 17.0. The first kappa shape index (κ1) is 12.8. The number of nitrogens with zero attached hydrogens (tertiary/aromatic N) is 1. The average Bonchev–Trinajstić information content (AvgIpc) is 2.58. The zero-order chi connectivity index (χ0) is 15.3. The van der Waals surface area contributed by atoms with Crippen LogP contribution in [0.15, 0.2) is 42.6 Å². The predicted molar refractivity (Wildman–Crippen MR) is 83.7 cm³/mol. The molecule has 4 nitrogen and oxygen atoms in total. The van der Waals surface area contributed by atoms with E-state index in [1.54, 1.807) is 20.4 Å². The van der Waals surface area contributed by atoms with E-state index in [1.807, 2.05) is 36.4 Å². The lowest BCUT2D eigenvalue weighted by molar-refractivity contribution is 0.103. The summed E-state index contributed by atoms with van der Waals surface area (Å²) in [6.45, 7) is 0. The number of carbonyl (C=O) groups is 1. The third kappa shape index (κ3) is 1.52. The van der Waals surface area contributed by atoms with E-state index >= 15 is 0 Å². The summed E-state index contributed by atoms with van der Waals surface area (Å²) >= 11 is 0. The van der Waals surface area contributed by atoms with E-state index in [1.165, 1.54) is 0 Å². The molecule has 0 fully saturated rings. The molecule has 0 amide bonds. The SMILES string of the molecule is COc1cc2c3c(nccc3c1OC)C(=O)c1ccccc1-2. The van der Waals surface area contributed by atoms with Crippen molar-refractivity contribution in [2.75, 3.05) is 14.2 Å². The van der Waals surface area contributed by atoms with E-state index in [9.17, 15) is 4.79 Å². The Labute approximate surface area is 127 Å². The summed E-state index contributed by atoms with van der Waals surface area (Å²) in [6.07, 6.45) is 1.63. The zero-order valence-electron chi connectivity index (χ0n) is 12.2. The summed E-state index contributed by atoms with van der Waals surface area (Å²) in [5.41, 5.74) is 2.99. The van der Waals surface area contributed by atoms with Gasteiger partial charge in [-0.25, -0.2) is 0 Å². The minimum atomic E-state index is -0.0547. The maximum absolute atomic E-state index is 12.7. The fourth-order valence-corrected chi connectivity index (χ4v) is 3.12. The molecular formula is C18H13NO3. The van der Waals surface area contributed by atoms with Crippen molar-refractivity contribution in [1.29, 1.82) is 0 Å². The van der Waals surface area contributed by atoms with Gasteiger partial charge >= 0.3 is 0 Å². The summed E-state index contributed by atoms with van der Waals surface area (Å²) < 4.78 is 10.9. The molecule has 1 aliphatic rings. The Bertz CT molecular complexity index is 931. The summed E-state index contributed by atoms with van der Waals surface area (Å²) in [5, 5.41) is 1.66. The van der Waals surface area contributed by atoms with Crippen molar-refractivity contribution >= 4 is 16.6 Å². The Balaban J connectivity index is 2.24. The standard InChI is InChI=1S/C18H13NO3/c1-21-14-9-13-10-5-3-4-6-11(10)17(20)16-15(13)12(7-8-19-16)18(14)22-2/h3-9H,1-2H3. The van der Waals surface area contributed by atoms with Crippen LogP contribution in [0.3, 0.4) is 0 Å². The van der Waals surface area contributed by atoms with Crippen molar-refractivity contribution in [1.82, 2.24) is 4.98 Å². The number of aromatic nitrogens is 1. The number of hydrogen-bond acceptors (Lipinski definition) is 4. The molecule has 0 bridgehead atoms. The Kier molecular flexibility index (Phi) is 2.66. The second-order valence-corrected chi connectivity index (χ2v) is 5.12. The minimum Gasteiger partial charge on any atom is -0.493 e. The quantitative estimate of drug-likeness (QED) is 0.567. The third-order valence-corrected chi connectivity index (χ3v) is 4.07. The molecule has 0 aliphatic heterocycles. The molecule has 0 saturated carbocycles. The third-order valence-electron chi connectivity index (χ3n) is 4.07. The normalized spacial score (nSPS) is 12.2. The summed E-state index contributed by atoms with van der Waals surface area (Å²) in [5.74, 6) is 1.21. The van der Waals surface area contributed by atoms with Crippen molar-refractivity contribution in [2.24, 2.45) is 0 Å². The smallest absolute Gasteiger partial charge is 0.212 e. The van der Waals surface area contributed by atoms with E-state index in [0.29, 0.717) is 22.8 Å². The van der Waals surface area contributed by atoms with Crippen LogP contribution in [0.1, 0.15) is 16.1 Å². The molecule has 0 radical (unpaired) electrons. The Morgan fingerprint density at radius 2 is 1.73 bits per heavy atom. The first-order valence-electron chi connectivity index (χ1n) is 6.94. The number of methoxy groups -OCH3 is 2. The molecule has 1 heterocycles. The Morgan fingerprint density at radius 1 is 0.955 bits per heavy atom. The second kappa shape index (κ2) is 4.56. The van der Waals surface area contributed by atoms with Gasteiger partial charge in [-0.1, -0.05) is 24.3 Å². The molecule has 4 rings (SSSR count). The van der Waals surface area contributed by atoms with Gasteiger partial charge < -0.3 is 9.47 Å². The van der Waals surface area contributed by atoms with Crippen LogP contribution in [-0.4, -0.2) is 25.0 Å². The van der Waals surface area contributed by atoms with Crippen LogP contribution in [0, 0.1) is 0 Å². The van der Waals surface area contributed by atoms with Gasteiger partial charge in [-0.3, -0.25) is 9.78 Å². The molecule has 1 aliphatic carbocycles. The molecule has 2 aromatic carbocycles. The first-order chi connectivity index (χ1) is 10.8. The topological polar surface area (TPSA) is 48.4 Å². The summed E-state index contributed by atoms with van der Waals surface area (Å²) in [7, 11) is 3.21. The zero-order valence-corrected chi connectivity index (χ0v) is 12.2. The van der Waals surface area contributed by atoms with Crippen molar-refractivity contribution in [3.63, 3.8) is 0 Å². The Hall–Kier alpha value is -2.88. The number of ether oxygens (including phenoxy) is 2. The largest absolute Gasteiger partial charge is 0.493 e. The molecule has 22 heavy (non-hydrogen) atoms. The molecule has 0 atom stereocenters. The van der Waals surface area contributed by atoms with E-state index in [0.717, 1.165) is 21.9 Å². The van der Waals surface area contributed by atoms with Crippen molar-refractivity contribution < 1.29 is 14.3 Å². The molecule has 3 aromatic rings. The fraction of sp³-hybridized carbons (Fsp3) is 0.111. The highest BCUT2D eigenvalue weighted by molar-refractivity contribution is 6.25. The highest BCUT2D eigenvalue weighted by atomic mass is 16.5. The van der Waals surface area contributed by atoms with Crippen molar-refractivity contribution in [3.05, 3.63) is 53.9 Å². The molecule has 1 aromatic heterocycles. The Morgan fingerprint density at radius 3 is 2.45 bits per heavy atom. The van der Waals surface area contributed by atoms with Crippen LogP contribution in [0.2, 0.25) is 0 Å². The van der Waals surface area contributed by atoms with Crippen molar-refractivity contribution in [2.45, 2.75) is 0 Å². The molecule has 4 heteroatoms. The number of carbonyl (C=O) groups excluding carboxylic acids is 1. The van der Waals surface area contributed by atoms with Gasteiger partial charge in [-0.15, -0.1) is 0 Å². The van der Waals surface area contributed by atoms with Crippen LogP contribution in [0.5, 0.6) is 11.5 Å². The number of pyridine rings is 1. The maximum atomic E-state index is 12.7. The number of fused-ring (bicyclic) bond motifs is 2. The van der Waals surface area contributed by atoms with Gasteiger partial charge in [0.15, 0.2) is 11.5 Å². The highest BCUT2D eigenvalue weighted by Crippen LogP contribution is 2.46. The van der Waals surface area contributed by atoms with Gasteiger partial charge in [-0.2, -0.15) is 0 Å². The fourth-order valence-electron chi connectivity index (χ4n) is 3.12. The molecule has 0 spiro atoms. The van der Waals surface area contributed by atoms with Crippen LogP contribution in [-0.2, 0) is 0 Å². The summed E-state index contributed by atoms with van der Waals surface area (Å²) in [6, 6.07) is 11.3. The van der Waals surface area contributed by atoms with E-state index in [4.69, 9.17) is 9.47 Å². The van der Waals surface area contributed by atoms with Gasteiger partial charge in [0, 0.05) is 22.5 Å². The highest BCUT2D eigenvalue weighted by Gasteiger charge is 2.28. The van der Waals surface area contributed by atoms with Crippen LogP contribution < -0.4 is 9.47 Å². The van der Waals surface area contributed by atoms with Gasteiger partial charge in [0.2, 0.25) is 5.78 Å². The number of benzene rings is 2. The monoisotopic (exact) mass is 291 g/mol. The van der Waals surface area contributed by atoms with Gasteiger partial charge in [0.1, 0.15) is 5.69 Å². The van der Waals surface area contributed by atoms with Crippen LogP contribution in [0.25, 0.3) is 21.9 Å². The van der Waals surface area contributed by atoms with E-state index < -0.39 is 0 Å². The molecule has 0 saturated heterocycles. The second-order valence-electron chi connectivity index (χ2n) is 5.12.